The van der Waals surface area contributed by atoms with Crippen molar-refractivity contribution >= 4 is 51.1 Å². The highest BCUT2D eigenvalue weighted by molar-refractivity contribution is 6.27. The van der Waals surface area contributed by atoms with Gasteiger partial charge >= 0.3 is 11.9 Å². The predicted octanol–water partition coefficient (Wildman–Crippen LogP) is 4.00. The largest absolute Gasteiger partial charge is 0.481 e. The number of hydrogen-bond donors (Lipinski definition) is 7. The number of nitrogens with one attached hydrogen (secondary N) is 3. The highest BCUT2D eigenvalue weighted by atomic mass is 16.5. The summed E-state index contributed by atoms with van der Waals surface area (Å²) in [5, 5.41) is 43.8. The van der Waals surface area contributed by atoms with Crippen LogP contribution in [-0.4, -0.2) is 91.7 Å². The van der Waals surface area contributed by atoms with Crippen molar-refractivity contribution in [2.24, 2.45) is 0 Å². The molecule has 1 amide bonds. The highest BCUT2D eigenvalue weighted by Crippen LogP contribution is 2.45. The number of fused-ring (bicyclic) bond motifs is 8. The molecule has 5 rings (SSSR count). The van der Waals surface area contributed by atoms with Crippen LogP contribution in [0.2, 0.25) is 0 Å². The molecule has 0 saturated carbocycles. The van der Waals surface area contributed by atoms with E-state index in [0.717, 1.165) is 34.8 Å². The van der Waals surface area contributed by atoms with E-state index in [4.69, 9.17) is 24.5 Å². The summed E-state index contributed by atoms with van der Waals surface area (Å²) in [7, 11) is 1.13. The summed E-state index contributed by atoms with van der Waals surface area (Å²) < 4.78 is 10.3. The van der Waals surface area contributed by atoms with E-state index in [-0.39, 0.29) is 74.3 Å². The molecular weight excluding hydrogens is 670 g/mol. The molecule has 5 heterocycles. The van der Waals surface area contributed by atoms with Gasteiger partial charge in [-0.15, -0.1) is 0 Å². The molecule has 7 N–H and O–H groups in total. The van der Waals surface area contributed by atoms with Crippen LogP contribution in [0.5, 0.6) is 0 Å². The fraction of sp³-hybridized carbons (Fsp3) is 0.447. The van der Waals surface area contributed by atoms with Gasteiger partial charge in [0.05, 0.1) is 56.2 Å². The van der Waals surface area contributed by atoms with Crippen LogP contribution in [0.4, 0.5) is 0 Å². The molecule has 2 aliphatic rings. The van der Waals surface area contributed by atoms with Crippen LogP contribution in [0.15, 0.2) is 18.2 Å². The van der Waals surface area contributed by atoms with Gasteiger partial charge in [-0.25, -0.2) is 9.78 Å². The lowest BCUT2D eigenvalue weighted by molar-refractivity contribution is -0.150. The number of carbonyl (C=O) groups excluding carboxylic acids is 2. The van der Waals surface area contributed by atoms with E-state index >= 15 is 0 Å². The van der Waals surface area contributed by atoms with Crippen molar-refractivity contribution in [3.8, 4) is 0 Å². The number of carboxylic acid groups (broad SMARTS) is 1. The Labute approximate surface area is 301 Å². The summed E-state index contributed by atoms with van der Waals surface area (Å²) in [6, 6.07) is 5.61. The SMILES string of the molecule is CCc1c(C)c2cc3[nH]c(cc4nc(c(C(O)C(=O)OC)c5nc(cc1[nH]2)C(C)=C5C(=O)NCCOCCO)C(CCC(=O)O)C4C)c(C)c3CO. The number of H-pyrrole nitrogens is 2. The lowest BCUT2D eigenvalue weighted by Crippen LogP contribution is -2.29. The number of esters is 1. The maximum Gasteiger partial charge on any atom is 0.339 e. The van der Waals surface area contributed by atoms with Crippen molar-refractivity contribution in [3.63, 3.8) is 0 Å². The van der Waals surface area contributed by atoms with Gasteiger partial charge in [0, 0.05) is 63.7 Å². The summed E-state index contributed by atoms with van der Waals surface area (Å²) >= 11 is 0. The topological polar surface area (TPSA) is 220 Å². The maximum absolute atomic E-state index is 14.0. The van der Waals surface area contributed by atoms with Gasteiger partial charge in [-0.05, 0) is 74.1 Å². The first-order chi connectivity index (χ1) is 24.9. The molecule has 14 nitrogen and oxygen atoms in total. The standard InChI is InChI=1S/C38H47N5O9/c1-7-22-18(2)26-15-30-24(17-45)20(4)25(41-30)14-27-19(3)23(8-9-31(46)47)34(42-27)33(36(48)38(50)51-6)35-32(37(49)39-10-12-52-13-11-44)21(5)28(43-35)16-29(22)40-26/h14-16,19,23,36,40-41,44-45,48H,7-13,17H2,1-6H3,(H,39,49)(H,46,47). The van der Waals surface area contributed by atoms with E-state index in [2.05, 4.69) is 15.3 Å². The van der Waals surface area contributed by atoms with Crippen LogP contribution >= 0.6 is 0 Å². The molecule has 3 aromatic heterocycles. The molecule has 0 aliphatic carbocycles. The second-order valence-electron chi connectivity index (χ2n) is 13.1. The molecule has 52 heavy (non-hydrogen) atoms. The molecule has 14 heteroatoms. The number of aliphatic carboxylic acids is 1. The Morgan fingerprint density at radius 1 is 0.962 bits per heavy atom. The summed E-state index contributed by atoms with van der Waals surface area (Å²) in [6.07, 6.45) is -1.37. The Morgan fingerprint density at radius 3 is 2.27 bits per heavy atom. The number of rotatable bonds is 13. The summed E-state index contributed by atoms with van der Waals surface area (Å²) in [4.78, 5) is 55.9. The zero-order valence-electron chi connectivity index (χ0n) is 30.3. The molecule has 0 spiro atoms. The summed E-state index contributed by atoms with van der Waals surface area (Å²) in [6.45, 7) is 9.49. The Morgan fingerprint density at radius 2 is 1.63 bits per heavy atom. The number of hydrogen-bond acceptors (Lipinski definition) is 10. The Bertz CT molecular complexity index is 2080. The second-order valence-corrected chi connectivity index (χ2v) is 13.1. The number of methoxy groups -OCH3 is 1. The van der Waals surface area contributed by atoms with E-state index in [1.807, 2.05) is 45.9 Å². The van der Waals surface area contributed by atoms with Gasteiger partial charge in [0.25, 0.3) is 5.91 Å². The van der Waals surface area contributed by atoms with Crippen LogP contribution < -0.4 is 5.32 Å². The normalized spacial score (nSPS) is 16.2. The van der Waals surface area contributed by atoms with Gasteiger partial charge in [0.1, 0.15) is 0 Å². The second kappa shape index (κ2) is 16.2. The van der Waals surface area contributed by atoms with E-state index in [0.29, 0.717) is 40.0 Å². The lowest BCUT2D eigenvalue weighted by Gasteiger charge is -2.20. The number of aromatic amines is 2. The molecule has 0 saturated heterocycles. The molecule has 0 radical (unpaired) electrons. The smallest absolute Gasteiger partial charge is 0.339 e. The van der Waals surface area contributed by atoms with Crippen LogP contribution in [0, 0.1) is 13.8 Å². The fourth-order valence-electron chi connectivity index (χ4n) is 7.13. The fourth-order valence-corrected chi connectivity index (χ4v) is 7.13. The number of allylic oxidation sites excluding steroid dienone is 1. The van der Waals surface area contributed by atoms with Crippen LogP contribution in [0.3, 0.4) is 0 Å². The number of carbonyl (C=O) groups is 3. The summed E-state index contributed by atoms with van der Waals surface area (Å²) in [5.74, 6) is -3.56. The van der Waals surface area contributed by atoms with Crippen molar-refractivity contribution in [1.82, 2.24) is 25.3 Å². The minimum atomic E-state index is -1.93. The molecule has 2 aliphatic heterocycles. The number of ether oxygens (including phenoxy) is 2. The number of aliphatic hydroxyl groups excluding tert-OH is 3. The minimum absolute atomic E-state index is 0.0177. The maximum atomic E-state index is 14.0. The molecular formula is C38H47N5O9. The quantitative estimate of drug-likeness (QED) is 0.0990. The predicted molar refractivity (Wildman–Crippen MR) is 194 cm³/mol. The average molecular weight is 718 g/mol. The molecule has 3 aromatic rings. The molecule has 0 fully saturated rings. The number of aromatic nitrogens is 4. The van der Waals surface area contributed by atoms with Crippen molar-refractivity contribution in [3.05, 3.63) is 68.8 Å². The lowest BCUT2D eigenvalue weighted by atomic mass is 9.84. The van der Waals surface area contributed by atoms with Crippen molar-refractivity contribution in [2.75, 3.05) is 33.5 Å². The monoisotopic (exact) mass is 717 g/mol. The third-order valence-corrected chi connectivity index (χ3v) is 10.1. The number of carboxylic acids is 1. The Hall–Kier alpha value is -4.89. The summed E-state index contributed by atoms with van der Waals surface area (Å²) in [5.41, 5.74) is 8.15. The molecule has 3 unspecified atom stereocenters. The Balaban J connectivity index is 1.96. The van der Waals surface area contributed by atoms with Gasteiger partial charge in [-0.3, -0.25) is 14.6 Å². The number of aliphatic hydroxyl groups is 3. The molecule has 0 aromatic carbocycles. The third-order valence-electron chi connectivity index (χ3n) is 10.1. The van der Waals surface area contributed by atoms with Crippen LogP contribution in [-0.2, 0) is 36.9 Å². The zero-order valence-corrected chi connectivity index (χ0v) is 30.3. The van der Waals surface area contributed by atoms with Crippen LogP contribution in [0.25, 0.3) is 33.2 Å². The highest BCUT2D eigenvalue weighted by Gasteiger charge is 2.39. The van der Waals surface area contributed by atoms with Crippen molar-refractivity contribution in [2.45, 2.75) is 78.4 Å². The van der Waals surface area contributed by atoms with Gasteiger partial charge in [-0.1, -0.05) is 13.8 Å². The first-order valence-corrected chi connectivity index (χ1v) is 17.4. The van der Waals surface area contributed by atoms with Crippen LogP contribution in [0.1, 0.15) is 102 Å². The number of nitrogens with zero attached hydrogens (tertiary/aromatic N) is 2. The first-order valence-electron chi connectivity index (χ1n) is 17.4. The van der Waals surface area contributed by atoms with E-state index in [1.54, 1.807) is 6.92 Å². The zero-order chi connectivity index (χ0) is 37.9. The number of amides is 1. The van der Waals surface area contributed by atoms with E-state index < -0.39 is 29.9 Å². The van der Waals surface area contributed by atoms with Gasteiger partial charge < -0.3 is 45.2 Å². The molecule has 278 valence electrons. The first kappa shape index (κ1) is 38.3. The minimum Gasteiger partial charge on any atom is -0.481 e. The van der Waals surface area contributed by atoms with E-state index in [9.17, 15) is 29.7 Å². The van der Waals surface area contributed by atoms with E-state index in [1.165, 1.54) is 0 Å². The third kappa shape index (κ3) is 7.37. The molecule has 8 bridgehead atoms. The Kier molecular flexibility index (Phi) is 11.9. The van der Waals surface area contributed by atoms with Gasteiger partial charge in [0.15, 0.2) is 6.10 Å². The van der Waals surface area contributed by atoms with Gasteiger partial charge in [-0.2, -0.15) is 0 Å². The number of aryl methyl sites for hydroxylation is 3. The van der Waals surface area contributed by atoms with Gasteiger partial charge in [0.2, 0.25) is 0 Å². The molecule has 3 atom stereocenters. The van der Waals surface area contributed by atoms with Crippen molar-refractivity contribution < 1.29 is 44.3 Å². The average Bonchev–Trinajstić information content (AvgIpc) is 3.79. The van der Waals surface area contributed by atoms with Crippen molar-refractivity contribution in [1.29, 1.82) is 0 Å².